The van der Waals surface area contributed by atoms with Crippen LogP contribution in [0, 0.1) is 6.92 Å². The van der Waals surface area contributed by atoms with E-state index in [9.17, 15) is 10.2 Å². The standard InChI is InChI=1S/C17H16BrNO2/c1-9-8-12(6-7-13(9)18)19-16(20)14-10-2-3-11(5-4-10)15(14)17(19)21/h2-3,6-8,10-11,20-21H,4-5H2,1H3. The van der Waals surface area contributed by atoms with Gasteiger partial charge < -0.3 is 10.2 Å². The molecule has 0 aliphatic heterocycles. The summed E-state index contributed by atoms with van der Waals surface area (Å²) in [6.07, 6.45) is 6.41. The van der Waals surface area contributed by atoms with Crippen LogP contribution < -0.4 is 0 Å². The average molecular weight is 346 g/mol. The van der Waals surface area contributed by atoms with Crippen molar-refractivity contribution in [2.45, 2.75) is 31.6 Å². The van der Waals surface area contributed by atoms with Crippen molar-refractivity contribution in [2.75, 3.05) is 0 Å². The van der Waals surface area contributed by atoms with Gasteiger partial charge in [-0.2, -0.15) is 0 Å². The first kappa shape index (κ1) is 13.0. The molecular formula is C17H16BrNO2. The van der Waals surface area contributed by atoms with Gasteiger partial charge in [0.1, 0.15) is 0 Å². The highest BCUT2D eigenvalue weighted by molar-refractivity contribution is 9.10. The van der Waals surface area contributed by atoms with E-state index in [1.165, 1.54) is 0 Å². The van der Waals surface area contributed by atoms with Crippen LogP contribution in [0.1, 0.15) is 41.4 Å². The highest BCUT2D eigenvalue weighted by atomic mass is 79.9. The van der Waals surface area contributed by atoms with Gasteiger partial charge in [-0.1, -0.05) is 28.1 Å². The lowest BCUT2D eigenvalue weighted by molar-refractivity contribution is 0.399. The number of hydrogen-bond acceptors (Lipinski definition) is 2. The molecule has 0 saturated heterocycles. The minimum atomic E-state index is 0.184. The van der Waals surface area contributed by atoms with Gasteiger partial charge in [-0.25, -0.2) is 0 Å². The molecule has 0 radical (unpaired) electrons. The number of fused-ring (bicyclic) bond motifs is 1. The van der Waals surface area contributed by atoms with Crippen molar-refractivity contribution >= 4 is 15.9 Å². The minimum absolute atomic E-state index is 0.184. The Morgan fingerprint density at radius 1 is 1.05 bits per heavy atom. The fraction of sp³-hybridized carbons (Fsp3) is 0.294. The first-order chi connectivity index (χ1) is 10.1. The summed E-state index contributed by atoms with van der Waals surface area (Å²) in [6, 6.07) is 5.80. The Bertz CT molecular complexity index is 738. The highest BCUT2D eigenvalue weighted by Crippen LogP contribution is 2.54. The molecule has 0 amide bonds. The van der Waals surface area contributed by atoms with E-state index >= 15 is 0 Å². The van der Waals surface area contributed by atoms with Crippen LogP contribution in [0.2, 0.25) is 0 Å². The number of hydrogen-bond donors (Lipinski definition) is 2. The zero-order valence-corrected chi connectivity index (χ0v) is 13.3. The van der Waals surface area contributed by atoms with E-state index in [4.69, 9.17) is 0 Å². The van der Waals surface area contributed by atoms with Crippen LogP contribution in [-0.2, 0) is 0 Å². The molecule has 2 unspecified atom stereocenters. The number of aromatic nitrogens is 1. The van der Waals surface area contributed by atoms with Crippen LogP contribution in [0.25, 0.3) is 5.69 Å². The molecule has 2 aromatic rings. The van der Waals surface area contributed by atoms with Crippen molar-refractivity contribution in [1.82, 2.24) is 4.57 Å². The van der Waals surface area contributed by atoms with Crippen LogP contribution >= 0.6 is 15.9 Å². The summed E-state index contributed by atoms with van der Waals surface area (Å²) < 4.78 is 2.59. The summed E-state index contributed by atoms with van der Waals surface area (Å²) in [4.78, 5) is 0. The lowest BCUT2D eigenvalue weighted by atomic mass is 9.73. The first-order valence-electron chi connectivity index (χ1n) is 7.19. The second-order valence-electron chi connectivity index (χ2n) is 5.92. The summed E-state index contributed by atoms with van der Waals surface area (Å²) in [7, 11) is 0. The average Bonchev–Trinajstić information content (AvgIpc) is 2.78. The Labute approximate surface area is 131 Å². The minimum Gasteiger partial charge on any atom is -0.494 e. The smallest absolute Gasteiger partial charge is 0.202 e. The number of allylic oxidation sites excluding steroid dienone is 2. The van der Waals surface area contributed by atoms with E-state index in [-0.39, 0.29) is 23.6 Å². The van der Waals surface area contributed by atoms with Gasteiger partial charge in [0.05, 0.1) is 5.69 Å². The summed E-state index contributed by atoms with van der Waals surface area (Å²) in [5.41, 5.74) is 3.68. The van der Waals surface area contributed by atoms with E-state index in [1.54, 1.807) is 4.57 Å². The zero-order valence-electron chi connectivity index (χ0n) is 11.7. The van der Waals surface area contributed by atoms with Crippen molar-refractivity contribution in [3.63, 3.8) is 0 Å². The molecule has 3 nitrogen and oxygen atoms in total. The normalized spacial score (nSPS) is 22.6. The molecule has 2 atom stereocenters. The Morgan fingerprint density at radius 2 is 1.62 bits per heavy atom. The number of nitrogens with zero attached hydrogens (tertiary/aromatic N) is 1. The molecular weight excluding hydrogens is 330 g/mol. The van der Waals surface area contributed by atoms with Crippen molar-refractivity contribution in [2.24, 2.45) is 0 Å². The summed E-state index contributed by atoms with van der Waals surface area (Å²) in [6.45, 7) is 2.00. The number of aromatic hydroxyl groups is 2. The number of benzene rings is 1. The summed E-state index contributed by atoms with van der Waals surface area (Å²) >= 11 is 3.48. The fourth-order valence-electron chi connectivity index (χ4n) is 3.63. The van der Waals surface area contributed by atoms with Crippen LogP contribution in [0.5, 0.6) is 11.8 Å². The predicted molar refractivity (Wildman–Crippen MR) is 85.4 cm³/mol. The third-order valence-electron chi connectivity index (χ3n) is 4.70. The van der Waals surface area contributed by atoms with Gasteiger partial charge in [-0.3, -0.25) is 4.57 Å². The van der Waals surface area contributed by atoms with E-state index in [2.05, 4.69) is 28.1 Å². The van der Waals surface area contributed by atoms with Gasteiger partial charge in [-0.05, 0) is 43.5 Å². The summed E-state index contributed by atoms with van der Waals surface area (Å²) in [5.74, 6) is 0.828. The first-order valence-corrected chi connectivity index (χ1v) is 7.98. The topological polar surface area (TPSA) is 45.4 Å². The lowest BCUT2D eigenvalue weighted by Gasteiger charge is -2.30. The molecule has 2 N–H and O–H groups in total. The molecule has 5 rings (SSSR count). The molecule has 2 bridgehead atoms. The fourth-order valence-corrected chi connectivity index (χ4v) is 3.87. The monoisotopic (exact) mass is 345 g/mol. The molecule has 1 heterocycles. The molecule has 4 heteroatoms. The molecule has 1 aromatic heterocycles. The third kappa shape index (κ3) is 1.72. The van der Waals surface area contributed by atoms with Crippen molar-refractivity contribution in [3.8, 4) is 17.4 Å². The highest BCUT2D eigenvalue weighted by Gasteiger charge is 2.37. The molecule has 0 fully saturated rings. The number of aryl methyl sites for hydroxylation is 1. The SMILES string of the molecule is Cc1cc(-n2c(O)c3c(c2O)C2C=CC3CC2)ccc1Br. The quantitative estimate of drug-likeness (QED) is 0.748. The largest absolute Gasteiger partial charge is 0.494 e. The van der Waals surface area contributed by atoms with Crippen LogP contribution in [0.15, 0.2) is 34.8 Å². The lowest BCUT2D eigenvalue weighted by Crippen LogP contribution is -2.15. The van der Waals surface area contributed by atoms with E-state index in [1.807, 2.05) is 25.1 Å². The van der Waals surface area contributed by atoms with Gasteiger partial charge >= 0.3 is 0 Å². The van der Waals surface area contributed by atoms with E-state index in [0.717, 1.165) is 39.7 Å². The molecule has 0 saturated carbocycles. The van der Waals surface area contributed by atoms with Gasteiger partial charge in [0.2, 0.25) is 11.8 Å². The van der Waals surface area contributed by atoms with Crippen LogP contribution in [0.3, 0.4) is 0 Å². The Balaban J connectivity index is 1.96. The predicted octanol–water partition coefficient (Wildman–Crippen LogP) is 4.49. The number of halogens is 1. The van der Waals surface area contributed by atoms with Gasteiger partial charge in [0, 0.05) is 27.4 Å². The second-order valence-corrected chi connectivity index (χ2v) is 6.77. The van der Waals surface area contributed by atoms with Crippen LogP contribution in [0.4, 0.5) is 0 Å². The Hall–Kier alpha value is -1.68. The van der Waals surface area contributed by atoms with Crippen molar-refractivity contribution in [3.05, 3.63) is 51.5 Å². The third-order valence-corrected chi connectivity index (χ3v) is 5.59. The maximum Gasteiger partial charge on any atom is 0.202 e. The van der Waals surface area contributed by atoms with Crippen molar-refractivity contribution < 1.29 is 10.2 Å². The second kappa shape index (κ2) is 4.41. The number of rotatable bonds is 1. The zero-order chi connectivity index (χ0) is 14.7. The molecule has 1 aromatic carbocycles. The summed E-state index contributed by atoms with van der Waals surface area (Å²) in [5, 5.41) is 21.3. The van der Waals surface area contributed by atoms with E-state index in [0.29, 0.717) is 0 Å². The molecule has 21 heavy (non-hydrogen) atoms. The van der Waals surface area contributed by atoms with E-state index < -0.39 is 0 Å². The van der Waals surface area contributed by atoms with Crippen LogP contribution in [-0.4, -0.2) is 14.8 Å². The Kier molecular flexibility index (Phi) is 2.73. The maximum atomic E-state index is 10.6. The van der Waals surface area contributed by atoms with Gasteiger partial charge in [-0.15, -0.1) is 0 Å². The molecule has 108 valence electrons. The molecule has 0 spiro atoms. The van der Waals surface area contributed by atoms with Crippen molar-refractivity contribution in [1.29, 1.82) is 0 Å². The maximum absolute atomic E-state index is 10.6. The Morgan fingerprint density at radius 3 is 2.10 bits per heavy atom. The molecule has 3 aliphatic carbocycles. The molecule has 3 aliphatic rings. The van der Waals surface area contributed by atoms with Gasteiger partial charge in [0.25, 0.3) is 0 Å². The van der Waals surface area contributed by atoms with Gasteiger partial charge in [0.15, 0.2) is 0 Å².